The number of nitrogens with zero attached hydrogens (tertiary/aromatic N) is 2. The molecule has 5 fully saturated rings. The molecule has 0 spiro atoms. The Balaban J connectivity index is 1.38. The number of hydrogen-bond donors (Lipinski definition) is 2. The van der Waals surface area contributed by atoms with Gasteiger partial charge in [0, 0.05) is 35.9 Å². The van der Waals surface area contributed by atoms with Crippen LogP contribution in [0.25, 0.3) is 0 Å². The number of esters is 1. The molecule has 1 aromatic carbocycles. The highest BCUT2D eigenvalue weighted by Gasteiger charge is 2.77. The third kappa shape index (κ3) is 6.11. The average Bonchev–Trinajstić information content (AvgIpc) is 3.77. The normalized spacial score (nSPS) is 32.8. The molecule has 4 saturated heterocycles. The number of nitrogens with one attached hydrogen (secondary N) is 1. The van der Waals surface area contributed by atoms with Crippen LogP contribution < -0.4 is 5.32 Å². The minimum Gasteiger partial charge on any atom is -0.458 e. The second-order valence-electron chi connectivity index (χ2n) is 13.5. The number of carbonyl (C=O) groups is 3. The summed E-state index contributed by atoms with van der Waals surface area (Å²) in [4.78, 5) is 50.7. The van der Waals surface area contributed by atoms with E-state index >= 15 is 4.79 Å². The Hall–Kier alpha value is -1.84. The number of rotatable bonds is 14. The van der Waals surface area contributed by atoms with Crippen LogP contribution in [-0.4, -0.2) is 94.8 Å². The lowest BCUT2D eigenvalue weighted by Gasteiger charge is -2.50. The molecule has 1 aromatic rings. The Bertz CT molecular complexity index is 1270. The number of unbranched alkanes of at least 4 members (excludes halogenated alkanes) is 4. The molecule has 2 amide bonds. The highest BCUT2D eigenvalue weighted by Crippen LogP contribution is 2.59. The number of aliphatic hydroxyl groups excluding tert-OH is 1. The van der Waals surface area contributed by atoms with E-state index in [2.05, 4.69) is 41.8 Å². The van der Waals surface area contributed by atoms with Crippen LogP contribution in [0.15, 0.2) is 24.3 Å². The summed E-state index contributed by atoms with van der Waals surface area (Å²) < 4.78 is 21.0. The van der Waals surface area contributed by atoms with E-state index in [0.717, 1.165) is 60.5 Å². The Morgan fingerprint density at radius 1 is 1.07 bits per heavy atom. The molecule has 4 aliphatic heterocycles. The topological polar surface area (TPSA) is 127 Å². The molecule has 0 radical (unpaired) electrons. The van der Waals surface area contributed by atoms with Crippen molar-refractivity contribution in [1.82, 2.24) is 15.3 Å². The molecule has 46 heavy (non-hydrogen) atoms. The Morgan fingerprint density at radius 3 is 2.48 bits per heavy atom. The second kappa shape index (κ2) is 14.3. The predicted octanol–water partition coefficient (Wildman–Crippen LogP) is 3.83. The molecule has 5 aliphatic rings. The van der Waals surface area contributed by atoms with Crippen LogP contribution in [0.2, 0.25) is 0 Å². The van der Waals surface area contributed by atoms with Gasteiger partial charge >= 0.3 is 5.97 Å². The summed E-state index contributed by atoms with van der Waals surface area (Å²) in [6.07, 6.45) is 6.36. The number of hydroxylamine groups is 2. The summed E-state index contributed by atoms with van der Waals surface area (Å²) in [6.45, 7) is 4.95. The van der Waals surface area contributed by atoms with Gasteiger partial charge in [0.2, 0.25) is 11.8 Å². The van der Waals surface area contributed by atoms with Crippen molar-refractivity contribution < 1.29 is 38.5 Å². The molecule has 1 saturated carbocycles. The molecule has 2 N–H and O–H groups in total. The number of likely N-dealkylation sites (tertiary alicyclic amines) is 1. The Kier molecular flexibility index (Phi) is 10.6. The molecule has 1 aliphatic carbocycles. The molecule has 7 atom stereocenters. The SMILES string of the molecule is CCCCCC1(CCCCC)O[C@@H]2[C@H](O1)[C@H]1ON(Cc3ccccc3I)[C@@H]3C(=O)O[C@@H]2C[C@]13C(=O)N1CCC[C@@H]1C(=O)NCCO. The van der Waals surface area contributed by atoms with Crippen molar-refractivity contribution in [3.05, 3.63) is 33.4 Å². The molecule has 11 nitrogen and oxygen atoms in total. The first-order chi connectivity index (χ1) is 22.3. The highest BCUT2D eigenvalue weighted by atomic mass is 127. The zero-order valence-electron chi connectivity index (χ0n) is 27.0. The molecular weight excluding hydrogens is 705 g/mol. The van der Waals surface area contributed by atoms with Gasteiger partial charge in [-0.1, -0.05) is 57.7 Å². The van der Waals surface area contributed by atoms with Gasteiger partial charge in [-0.2, -0.15) is 5.06 Å². The van der Waals surface area contributed by atoms with Gasteiger partial charge in [0.1, 0.15) is 35.9 Å². The second-order valence-corrected chi connectivity index (χ2v) is 14.6. The number of carbonyl (C=O) groups excluding carboxylic acids is 3. The molecule has 6 rings (SSSR count). The highest BCUT2D eigenvalue weighted by molar-refractivity contribution is 14.1. The van der Waals surface area contributed by atoms with Crippen LogP contribution in [0, 0.1) is 8.99 Å². The van der Waals surface area contributed by atoms with E-state index in [4.69, 9.17) is 19.0 Å². The average molecular weight is 754 g/mol. The van der Waals surface area contributed by atoms with Gasteiger partial charge in [0.05, 0.1) is 13.2 Å². The van der Waals surface area contributed by atoms with Crippen molar-refractivity contribution in [3.8, 4) is 0 Å². The summed E-state index contributed by atoms with van der Waals surface area (Å²) in [6, 6.07) is 6.21. The van der Waals surface area contributed by atoms with Gasteiger partial charge in [0.25, 0.3) is 0 Å². The van der Waals surface area contributed by atoms with Crippen molar-refractivity contribution >= 4 is 40.4 Å². The fraction of sp³-hybridized carbons (Fsp3) is 0.735. The number of amides is 2. The van der Waals surface area contributed by atoms with Crippen molar-refractivity contribution in [3.63, 3.8) is 0 Å². The van der Waals surface area contributed by atoms with Gasteiger partial charge < -0.3 is 29.5 Å². The van der Waals surface area contributed by atoms with Crippen LogP contribution in [0.5, 0.6) is 0 Å². The van der Waals surface area contributed by atoms with Gasteiger partial charge in [-0.05, 0) is 59.9 Å². The maximum atomic E-state index is 15.0. The first-order valence-corrected chi connectivity index (χ1v) is 18.3. The van der Waals surface area contributed by atoms with E-state index < -0.39 is 53.7 Å². The first kappa shape index (κ1) is 34.0. The largest absolute Gasteiger partial charge is 0.458 e. The zero-order chi connectivity index (χ0) is 32.5. The summed E-state index contributed by atoms with van der Waals surface area (Å²) in [5.74, 6) is -1.91. The molecule has 254 valence electrons. The monoisotopic (exact) mass is 753 g/mol. The van der Waals surface area contributed by atoms with Gasteiger partial charge in [-0.25, -0.2) is 0 Å². The fourth-order valence-corrected chi connectivity index (χ4v) is 8.88. The van der Waals surface area contributed by atoms with E-state index in [9.17, 15) is 14.7 Å². The number of halogens is 1. The van der Waals surface area contributed by atoms with Crippen LogP contribution in [0.3, 0.4) is 0 Å². The maximum Gasteiger partial charge on any atom is 0.327 e. The third-order valence-electron chi connectivity index (χ3n) is 10.5. The van der Waals surface area contributed by atoms with Crippen molar-refractivity contribution in [1.29, 1.82) is 0 Å². The van der Waals surface area contributed by atoms with E-state index in [0.29, 0.717) is 19.4 Å². The van der Waals surface area contributed by atoms with E-state index in [1.807, 2.05) is 24.3 Å². The van der Waals surface area contributed by atoms with Crippen molar-refractivity contribution in [2.45, 2.75) is 133 Å². The molecule has 0 aromatic heterocycles. The smallest absolute Gasteiger partial charge is 0.327 e. The Labute approximate surface area is 285 Å². The lowest BCUT2D eigenvalue weighted by Crippen LogP contribution is -2.70. The third-order valence-corrected chi connectivity index (χ3v) is 11.5. The molecule has 4 heterocycles. The predicted molar refractivity (Wildman–Crippen MR) is 176 cm³/mol. The van der Waals surface area contributed by atoms with Gasteiger partial charge in [-0.15, -0.1) is 0 Å². The number of benzene rings is 1. The van der Waals surface area contributed by atoms with E-state index in [1.165, 1.54) is 0 Å². The maximum absolute atomic E-state index is 15.0. The summed E-state index contributed by atoms with van der Waals surface area (Å²) in [7, 11) is 0. The Morgan fingerprint density at radius 2 is 1.78 bits per heavy atom. The molecule has 0 unspecified atom stereocenters. The van der Waals surface area contributed by atoms with Crippen LogP contribution in [0.1, 0.15) is 90.0 Å². The number of aliphatic hydroxyl groups is 1. The van der Waals surface area contributed by atoms with Gasteiger partial charge in [0.15, 0.2) is 11.8 Å². The lowest BCUT2D eigenvalue weighted by atomic mass is 9.62. The number of fused-ring (bicyclic) bond motifs is 4. The number of ether oxygens (including phenoxy) is 3. The number of hydrogen-bond acceptors (Lipinski definition) is 9. The van der Waals surface area contributed by atoms with Gasteiger partial charge in [-0.3, -0.25) is 19.2 Å². The summed E-state index contributed by atoms with van der Waals surface area (Å²) in [5.41, 5.74) is -0.344. The van der Waals surface area contributed by atoms with Crippen LogP contribution in [0.4, 0.5) is 0 Å². The van der Waals surface area contributed by atoms with Crippen molar-refractivity contribution in [2.24, 2.45) is 5.41 Å². The minimum absolute atomic E-state index is 0.113. The summed E-state index contributed by atoms with van der Waals surface area (Å²) in [5, 5.41) is 13.7. The van der Waals surface area contributed by atoms with E-state index in [1.54, 1.807) is 9.96 Å². The first-order valence-electron chi connectivity index (χ1n) is 17.2. The minimum atomic E-state index is -1.31. The lowest BCUT2D eigenvalue weighted by molar-refractivity contribution is -0.225. The summed E-state index contributed by atoms with van der Waals surface area (Å²) >= 11 is 2.27. The van der Waals surface area contributed by atoms with E-state index in [-0.39, 0.29) is 37.9 Å². The molecular formula is C34H48IN3O8. The van der Waals surface area contributed by atoms with Crippen LogP contribution >= 0.6 is 22.6 Å². The fourth-order valence-electron chi connectivity index (χ4n) is 8.32. The van der Waals surface area contributed by atoms with Crippen molar-refractivity contribution in [2.75, 3.05) is 19.7 Å². The molecule has 2 bridgehead atoms. The quantitative estimate of drug-likeness (QED) is 0.166. The molecule has 12 heteroatoms. The zero-order valence-corrected chi connectivity index (χ0v) is 29.1. The standard InChI is InChI=1S/C34H48IN3O8/c1-3-5-9-15-33(16-10-6-4-2)44-26-25-20-34(32(42)37-18-11-14-24(37)30(40)36-17-19-39)28(31(41)43-25)38(46-29(34)27(26)45-33)21-22-12-7-8-13-23(22)35/h7-8,12-13,24-29,39H,3-6,9-11,14-21H2,1-2H3,(H,36,40)/t24-,25-,26+,27+,28-,29-,34-/m1/s1. The van der Waals surface area contributed by atoms with Crippen LogP contribution in [-0.2, 0) is 40.0 Å².